The molecule has 3 heterocycles. The average Bonchev–Trinajstić information content (AvgIpc) is 3.60. The van der Waals surface area contributed by atoms with Crippen LogP contribution in [0.15, 0.2) is 60.7 Å². The fourth-order valence-corrected chi connectivity index (χ4v) is 10.4. The molecule has 3 aliphatic heterocycles. The van der Waals surface area contributed by atoms with Crippen molar-refractivity contribution in [3.05, 3.63) is 112 Å². The van der Waals surface area contributed by atoms with Gasteiger partial charge in [-0.25, -0.2) is 0 Å². The van der Waals surface area contributed by atoms with E-state index in [2.05, 4.69) is 0 Å². The molecule has 1 spiro atoms. The van der Waals surface area contributed by atoms with Crippen molar-refractivity contribution in [2.24, 2.45) is 0 Å². The summed E-state index contributed by atoms with van der Waals surface area (Å²) in [7, 11) is -6.69. The van der Waals surface area contributed by atoms with Gasteiger partial charge in [-0.2, -0.15) is 0 Å². The minimum atomic E-state index is -6.69. The molecule has 0 N–H and O–H groups in total. The van der Waals surface area contributed by atoms with Crippen molar-refractivity contribution in [2.45, 2.75) is 0 Å². The van der Waals surface area contributed by atoms with Gasteiger partial charge in [0.1, 0.15) is 0 Å². The molecule has 0 bridgehead atoms. The molecule has 6 nitrogen and oxygen atoms in total. The van der Waals surface area contributed by atoms with Crippen LogP contribution in [0.2, 0.25) is 40.2 Å². The van der Waals surface area contributed by atoms with Crippen LogP contribution in [0.25, 0.3) is 11.5 Å². The number of benzene rings is 4. The zero-order valence-corrected chi connectivity index (χ0v) is 26.6. The van der Waals surface area contributed by atoms with Crippen molar-refractivity contribution in [2.75, 3.05) is 0 Å². The number of fused-ring (bicyclic) bond motifs is 2. The maximum absolute atomic E-state index is 6.69. The van der Waals surface area contributed by atoms with Gasteiger partial charge < -0.3 is 0 Å². The fourth-order valence-electron chi connectivity index (χ4n) is 4.54. The Morgan fingerprint density at radius 2 is 0.610 bits per heavy atom. The van der Waals surface area contributed by atoms with Crippen LogP contribution in [0.5, 0.6) is 23.0 Å². The van der Waals surface area contributed by atoms with E-state index in [0.29, 0.717) is 11.1 Å². The Bertz CT molecular complexity index is 1660. The Morgan fingerprint density at radius 1 is 0.341 bits per heavy atom. The van der Waals surface area contributed by atoms with E-state index in [1.54, 1.807) is 48.5 Å². The molecule has 0 unspecified atom stereocenters. The van der Waals surface area contributed by atoms with Gasteiger partial charge in [-0.1, -0.05) is 0 Å². The van der Waals surface area contributed by atoms with Crippen LogP contribution in [-0.2, 0) is 9.05 Å². The van der Waals surface area contributed by atoms with Gasteiger partial charge in [-0.05, 0) is 0 Å². The van der Waals surface area contributed by atoms with E-state index in [1.165, 1.54) is 0 Å². The summed E-state index contributed by atoms with van der Waals surface area (Å²) in [6.07, 6.45) is 0. The third-order valence-corrected chi connectivity index (χ3v) is 13.2. The van der Waals surface area contributed by atoms with Crippen LogP contribution in [0.3, 0.4) is 0 Å². The van der Waals surface area contributed by atoms with Crippen LogP contribution in [0, 0.1) is 0 Å². The number of hydrogen-bond acceptors (Lipinski definition) is 6. The second kappa shape index (κ2) is 8.86. The predicted molar refractivity (Wildman–Crippen MR) is 164 cm³/mol. The van der Waals surface area contributed by atoms with Crippen molar-refractivity contribution in [3.63, 3.8) is 0 Å². The van der Waals surface area contributed by atoms with Crippen molar-refractivity contribution >= 4 is 112 Å². The normalized spacial score (nSPS) is 19.8. The molecule has 4 aromatic rings. The first-order valence-corrected chi connectivity index (χ1v) is 16.6. The average molecular weight is 733 g/mol. The molecule has 0 aliphatic carbocycles. The molecule has 0 radical (unpaired) electrons. The molecule has 3 aliphatic rings. The zero-order chi connectivity index (χ0) is 29.0. The molecule has 212 valence electrons. The molecular formula is C26H10Cl8O6P-. The summed E-state index contributed by atoms with van der Waals surface area (Å²) in [6.45, 7) is 0. The summed E-state index contributed by atoms with van der Waals surface area (Å²) >= 11 is 51.8. The first-order valence-electron chi connectivity index (χ1n) is 11.4. The van der Waals surface area contributed by atoms with E-state index in [9.17, 15) is 0 Å². The first kappa shape index (κ1) is 28.0. The molecule has 0 aromatic heterocycles. The van der Waals surface area contributed by atoms with Gasteiger partial charge in [0.05, 0.1) is 0 Å². The van der Waals surface area contributed by atoms with Crippen LogP contribution in [0.4, 0.5) is 0 Å². The molecule has 0 saturated heterocycles. The standard InChI is InChI=1S/C26H10Cl8O6P/c27-13-14(28)18(32)24-23(17(13)31)37-41(38-24,39-25-19(33)15(29)16(30)20(34)26(25)40-41)35-21(11-7-3-1-4-8-11)22(36-41)12-9-5-2-6-10-12/h1-10H/q-1. The van der Waals surface area contributed by atoms with Crippen LogP contribution in [-0.4, -0.2) is 0 Å². The summed E-state index contributed by atoms with van der Waals surface area (Å²) in [4.78, 5) is 0. The summed E-state index contributed by atoms with van der Waals surface area (Å²) in [5.74, 6) is -0.717. The second-order valence-corrected chi connectivity index (χ2v) is 15.2. The van der Waals surface area contributed by atoms with Gasteiger partial charge in [-0.3, -0.25) is 0 Å². The van der Waals surface area contributed by atoms with Crippen molar-refractivity contribution < 1.29 is 27.1 Å². The molecular weight excluding hydrogens is 723 g/mol. The van der Waals surface area contributed by atoms with Crippen LogP contribution in [0.1, 0.15) is 11.1 Å². The molecule has 0 amide bonds. The summed E-state index contributed by atoms with van der Waals surface area (Å²) in [6, 6.07) is 17.9. The Hall–Kier alpha value is -1.83. The van der Waals surface area contributed by atoms with E-state index in [1.807, 2.05) is 12.1 Å². The summed E-state index contributed by atoms with van der Waals surface area (Å²) < 4.78 is 39.0. The summed E-state index contributed by atoms with van der Waals surface area (Å²) in [5, 5.41) is -1.28. The van der Waals surface area contributed by atoms with Crippen LogP contribution < -0.4 is 18.1 Å². The third-order valence-electron chi connectivity index (χ3n) is 6.31. The van der Waals surface area contributed by atoms with E-state index in [0.717, 1.165) is 0 Å². The van der Waals surface area contributed by atoms with E-state index >= 15 is 0 Å². The Kier molecular flexibility index (Phi) is 6.04. The molecule has 0 atom stereocenters. The van der Waals surface area contributed by atoms with Crippen molar-refractivity contribution in [1.82, 2.24) is 0 Å². The molecule has 41 heavy (non-hydrogen) atoms. The molecule has 15 heteroatoms. The van der Waals surface area contributed by atoms with Gasteiger partial charge in [0.25, 0.3) is 0 Å². The molecule has 7 rings (SSSR count). The molecule has 4 aromatic carbocycles. The van der Waals surface area contributed by atoms with Crippen LogP contribution >= 0.6 is 100 Å². The van der Waals surface area contributed by atoms with Crippen molar-refractivity contribution in [3.8, 4) is 23.0 Å². The van der Waals surface area contributed by atoms with Crippen molar-refractivity contribution in [1.29, 1.82) is 0 Å². The number of halogens is 8. The fraction of sp³-hybridized carbons (Fsp3) is 0. The van der Waals surface area contributed by atoms with E-state index < -0.39 is 7.31 Å². The molecule has 0 fully saturated rings. The third kappa shape index (κ3) is 3.70. The van der Waals surface area contributed by atoms with E-state index in [4.69, 9.17) is 120 Å². The SMILES string of the molecule is Clc1c(Cl)c(Cl)c2c(c1Cl)O[P-]13(OC(c4ccccc4)=C(c4ccccc4)O1)(O2)Oc1c(Cl)c(Cl)c(Cl)c(Cl)c1O3. The predicted octanol–water partition coefficient (Wildman–Crippen LogP) is 12.3. The van der Waals surface area contributed by atoms with Gasteiger partial charge in [0, 0.05) is 0 Å². The number of hydrogen-bond donors (Lipinski definition) is 0. The first-order chi connectivity index (χ1) is 19.4. The van der Waals surface area contributed by atoms with Gasteiger partial charge >= 0.3 is 274 Å². The monoisotopic (exact) mass is 729 g/mol. The quantitative estimate of drug-likeness (QED) is 0.116. The molecule has 0 saturated carbocycles. The maximum atomic E-state index is 6.64. The number of rotatable bonds is 2. The van der Waals surface area contributed by atoms with Gasteiger partial charge in [-0.15, -0.1) is 0 Å². The Balaban J connectivity index is 1.56. The summed E-state index contributed by atoms with van der Waals surface area (Å²) in [5.41, 5.74) is 1.08. The van der Waals surface area contributed by atoms with E-state index in [-0.39, 0.29) is 74.7 Å². The Labute approximate surface area is 272 Å². The van der Waals surface area contributed by atoms with Gasteiger partial charge in [0.2, 0.25) is 0 Å². The van der Waals surface area contributed by atoms with Gasteiger partial charge in [0.15, 0.2) is 0 Å². The minimum absolute atomic E-state index is 0.113. The zero-order valence-electron chi connectivity index (χ0n) is 19.7. The topological polar surface area (TPSA) is 55.4 Å². The Morgan fingerprint density at radius 3 is 0.878 bits per heavy atom. The second-order valence-electron chi connectivity index (χ2n) is 8.88.